The smallest absolute Gasteiger partial charge is 0.369 e. The van der Waals surface area contributed by atoms with Gasteiger partial charge < -0.3 is 19.1 Å². The van der Waals surface area contributed by atoms with Crippen LogP contribution in [0.4, 0.5) is 18.9 Å². The lowest BCUT2D eigenvalue weighted by molar-refractivity contribution is -0.185. The molecule has 47 heavy (non-hydrogen) atoms. The van der Waals surface area contributed by atoms with E-state index in [4.69, 9.17) is 14.2 Å². The van der Waals surface area contributed by atoms with Crippen molar-refractivity contribution in [3.8, 4) is 0 Å². The fourth-order valence-corrected chi connectivity index (χ4v) is 6.68. The maximum absolute atomic E-state index is 13.8. The third kappa shape index (κ3) is 9.20. The van der Waals surface area contributed by atoms with E-state index in [0.717, 1.165) is 36.1 Å². The number of piperidine rings is 2. The average molecular weight is 646 g/mol. The highest BCUT2D eigenvalue weighted by Crippen LogP contribution is 2.36. The number of pyridine rings is 1. The van der Waals surface area contributed by atoms with Crippen LogP contribution in [-0.4, -0.2) is 60.9 Å². The molecule has 2 aliphatic heterocycles. The van der Waals surface area contributed by atoms with Crippen molar-refractivity contribution in [3.05, 3.63) is 132 Å². The molecular weight excluding hydrogens is 603 g/mol. The van der Waals surface area contributed by atoms with E-state index < -0.39 is 11.9 Å². The molecule has 0 aliphatic carbocycles. The van der Waals surface area contributed by atoms with Gasteiger partial charge in [-0.15, -0.1) is 0 Å². The third-order valence-electron chi connectivity index (χ3n) is 8.94. The van der Waals surface area contributed by atoms with Crippen LogP contribution < -0.4 is 4.90 Å². The zero-order valence-electron chi connectivity index (χ0n) is 26.5. The van der Waals surface area contributed by atoms with Gasteiger partial charge in [-0.1, -0.05) is 91.0 Å². The van der Waals surface area contributed by atoms with Crippen molar-refractivity contribution < 1.29 is 27.4 Å². The number of ether oxygens (including phenoxy) is 3. The molecule has 2 saturated heterocycles. The lowest BCUT2D eigenvalue weighted by atomic mass is 9.94. The first-order valence-electron chi connectivity index (χ1n) is 16.4. The summed E-state index contributed by atoms with van der Waals surface area (Å²) < 4.78 is 61.3. The number of hydrogen-bond donors (Lipinski definition) is 0. The molecule has 6 nitrogen and oxygen atoms in total. The lowest BCUT2D eigenvalue weighted by Gasteiger charge is -2.45. The first-order chi connectivity index (χ1) is 22.9. The van der Waals surface area contributed by atoms with Gasteiger partial charge in [-0.2, -0.15) is 13.2 Å². The van der Waals surface area contributed by atoms with Crippen LogP contribution in [0.15, 0.2) is 109 Å². The highest BCUT2D eigenvalue weighted by Gasteiger charge is 2.41. The summed E-state index contributed by atoms with van der Waals surface area (Å²) in [6.07, 6.45) is -2.40. The molecule has 6 rings (SSSR count). The fraction of sp³-hybridized carbons (Fsp3) is 0.395. The van der Waals surface area contributed by atoms with E-state index in [9.17, 15) is 13.2 Å². The van der Waals surface area contributed by atoms with E-state index in [1.165, 1.54) is 12.3 Å². The summed E-state index contributed by atoms with van der Waals surface area (Å²) in [7, 11) is 0. The highest BCUT2D eigenvalue weighted by atomic mass is 19.4. The molecule has 2 aliphatic rings. The molecule has 0 spiro atoms. The van der Waals surface area contributed by atoms with Crippen molar-refractivity contribution >= 4 is 5.69 Å². The highest BCUT2D eigenvalue weighted by molar-refractivity contribution is 5.52. The summed E-state index contributed by atoms with van der Waals surface area (Å²) in [5, 5.41) is 0. The summed E-state index contributed by atoms with van der Waals surface area (Å²) in [6, 6.07) is 33.4. The molecule has 248 valence electrons. The molecule has 3 heterocycles. The molecular formula is C38H42F3N3O3. The molecule has 4 atom stereocenters. The molecule has 3 aromatic carbocycles. The van der Waals surface area contributed by atoms with E-state index in [1.54, 1.807) is 6.07 Å². The minimum Gasteiger partial charge on any atom is -0.369 e. The minimum absolute atomic E-state index is 0.158. The van der Waals surface area contributed by atoms with Crippen molar-refractivity contribution in [1.82, 2.24) is 9.88 Å². The number of benzene rings is 3. The Morgan fingerprint density at radius 3 is 1.72 bits per heavy atom. The summed E-state index contributed by atoms with van der Waals surface area (Å²) in [5.41, 5.74) is 2.57. The number of rotatable bonds is 12. The Kier molecular flexibility index (Phi) is 11.2. The summed E-state index contributed by atoms with van der Waals surface area (Å²) in [6.45, 7) is 4.41. The number of anilines is 1. The van der Waals surface area contributed by atoms with Gasteiger partial charge in [0.25, 0.3) is 0 Å². The predicted molar refractivity (Wildman–Crippen MR) is 176 cm³/mol. The Morgan fingerprint density at radius 1 is 0.660 bits per heavy atom. The van der Waals surface area contributed by atoms with Crippen LogP contribution in [0.1, 0.15) is 35.2 Å². The molecule has 0 N–H and O–H groups in total. The van der Waals surface area contributed by atoms with E-state index >= 15 is 0 Å². The number of aromatic nitrogens is 1. The average Bonchev–Trinajstić information content (AvgIpc) is 3.10. The number of nitrogens with zero attached hydrogens (tertiary/aromatic N) is 3. The Morgan fingerprint density at radius 2 is 1.19 bits per heavy atom. The monoisotopic (exact) mass is 645 g/mol. The Balaban J connectivity index is 1.20. The van der Waals surface area contributed by atoms with Gasteiger partial charge in [0.05, 0.1) is 37.7 Å². The number of likely N-dealkylation sites (tertiary alicyclic amines) is 1. The second kappa shape index (κ2) is 15.9. The van der Waals surface area contributed by atoms with E-state index in [1.807, 2.05) is 83.8 Å². The van der Waals surface area contributed by atoms with E-state index in [2.05, 4.69) is 22.0 Å². The third-order valence-corrected chi connectivity index (χ3v) is 8.94. The minimum atomic E-state index is -4.50. The number of alkyl halides is 3. The molecule has 1 unspecified atom stereocenters. The topological polar surface area (TPSA) is 47.1 Å². The molecule has 2 fully saturated rings. The second-order valence-corrected chi connectivity index (χ2v) is 12.5. The zero-order valence-corrected chi connectivity index (χ0v) is 26.5. The predicted octanol–water partition coefficient (Wildman–Crippen LogP) is 7.39. The van der Waals surface area contributed by atoms with Crippen molar-refractivity contribution in [2.24, 2.45) is 5.92 Å². The van der Waals surface area contributed by atoms with Crippen molar-refractivity contribution in [2.45, 2.75) is 57.2 Å². The molecule has 4 aromatic rings. The molecule has 0 amide bonds. The van der Waals surface area contributed by atoms with E-state index in [0.29, 0.717) is 46.0 Å². The summed E-state index contributed by atoms with van der Waals surface area (Å²) in [5.74, 6) is 0.177. The van der Waals surface area contributed by atoms with Gasteiger partial charge >= 0.3 is 6.18 Å². The van der Waals surface area contributed by atoms with Crippen molar-refractivity contribution in [2.75, 3.05) is 37.6 Å². The maximum Gasteiger partial charge on any atom is 0.435 e. The molecule has 0 saturated carbocycles. The van der Waals surface area contributed by atoms with Crippen LogP contribution in [0, 0.1) is 5.92 Å². The fourth-order valence-electron chi connectivity index (χ4n) is 6.68. The Bertz CT molecular complexity index is 1460. The Hall–Kier alpha value is -3.76. The van der Waals surface area contributed by atoms with Crippen LogP contribution in [0.25, 0.3) is 0 Å². The molecule has 0 radical (unpaired) electrons. The second-order valence-electron chi connectivity index (χ2n) is 12.5. The normalized spacial score (nSPS) is 22.3. The summed E-state index contributed by atoms with van der Waals surface area (Å²) >= 11 is 0. The first kappa shape index (κ1) is 33.2. The van der Waals surface area contributed by atoms with Crippen molar-refractivity contribution in [1.29, 1.82) is 0 Å². The van der Waals surface area contributed by atoms with Gasteiger partial charge in [0.1, 0.15) is 6.10 Å². The molecule has 0 bridgehead atoms. The number of hydrogen-bond acceptors (Lipinski definition) is 6. The molecule has 1 aromatic heterocycles. The van der Waals surface area contributed by atoms with Crippen LogP contribution in [-0.2, 0) is 40.2 Å². The van der Waals surface area contributed by atoms with Crippen LogP contribution in [0.2, 0.25) is 0 Å². The number of halogens is 3. The van der Waals surface area contributed by atoms with Gasteiger partial charge in [0.15, 0.2) is 5.69 Å². The van der Waals surface area contributed by atoms with Crippen LogP contribution in [0.5, 0.6) is 0 Å². The maximum atomic E-state index is 13.8. The first-order valence-corrected chi connectivity index (χ1v) is 16.4. The van der Waals surface area contributed by atoms with E-state index in [-0.39, 0.29) is 29.9 Å². The van der Waals surface area contributed by atoms with Gasteiger partial charge in [-0.25, -0.2) is 4.98 Å². The standard InChI is InChI=1S/C38H42F3N3O3/c39-38(40,41)37-33(19-10-20-42-37)44-21-11-18-32(23-44)22-43-24-34(45-26-29-12-4-1-5-13-29)36(47-28-31-16-8-3-9-17-31)35(25-43)46-27-30-14-6-2-7-15-30/h1-10,12-17,19-20,32,34-36H,11,18,21-28H2/t32-,34-,35+,36?/m1/s1. The van der Waals surface area contributed by atoms with Gasteiger partial charge in [-0.3, -0.25) is 4.90 Å². The van der Waals surface area contributed by atoms with Gasteiger partial charge in [0, 0.05) is 38.9 Å². The SMILES string of the molecule is FC(F)(F)c1ncccc1N1CCC[C@H](CN2C[C@H](OCc3ccccc3)C(OCc3ccccc3)[C@H](OCc3ccccc3)C2)C1. The van der Waals surface area contributed by atoms with Gasteiger partial charge in [0.2, 0.25) is 0 Å². The van der Waals surface area contributed by atoms with Crippen LogP contribution in [0.3, 0.4) is 0 Å². The Labute approximate surface area is 275 Å². The quantitative estimate of drug-likeness (QED) is 0.160. The van der Waals surface area contributed by atoms with Crippen molar-refractivity contribution in [3.63, 3.8) is 0 Å². The molecule has 9 heteroatoms. The zero-order chi connectivity index (χ0) is 32.5. The largest absolute Gasteiger partial charge is 0.435 e. The lowest BCUT2D eigenvalue weighted by Crippen LogP contribution is -2.59. The van der Waals surface area contributed by atoms with Crippen LogP contribution >= 0.6 is 0 Å². The summed E-state index contributed by atoms with van der Waals surface area (Å²) in [4.78, 5) is 7.91. The van der Waals surface area contributed by atoms with Gasteiger partial charge in [-0.05, 0) is 47.6 Å².